The normalized spacial score (nSPS) is 23.4. The zero-order valence-corrected chi connectivity index (χ0v) is 11.4. The summed E-state index contributed by atoms with van der Waals surface area (Å²) in [6, 6.07) is 7.24. The van der Waals surface area contributed by atoms with Crippen molar-refractivity contribution in [2.45, 2.75) is 32.6 Å². The number of nitriles is 1. The molecule has 3 heteroatoms. The molecule has 1 saturated carbocycles. The highest BCUT2D eigenvalue weighted by molar-refractivity contribution is 6.32. The van der Waals surface area contributed by atoms with E-state index in [0.29, 0.717) is 22.3 Å². The highest BCUT2D eigenvalue weighted by Gasteiger charge is 2.19. The van der Waals surface area contributed by atoms with Gasteiger partial charge in [0.1, 0.15) is 5.75 Å². The molecular weight excluding hydrogens is 246 g/mol. The van der Waals surface area contributed by atoms with E-state index in [-0.39, 0.29) is 0 Å². The molecule has 1 aliphatic carbocycles. The molecule has 0 bridgehead atoms. The molecule has 1 fully saturated rings. The van der Waals surface area contributed by atoms with E-state index in [9.17, 15) is 0 Å². The Morgan fingerprint density at radius 1 is 1.33 bits per heavy atom. The third kappa shape index (κ3) is 3.40. The Labute approximate surface area is 114 Å². The third-order valence-corrected chi connectivity index (χ3v) is 3.97. The van der Waals surface area contributed by atoms with E-state index in [1.54, 1.807) is 18.2 Å². The summed E-state index contributed by atoms with van der Waals surface area (Å²) in [5, 5.41) is 9.29. The van der Waals surface area contributed by atoms with Crippen LogP contribution in [-0.2, 0) is 0 Å². The molecule has 18 heavy (non-hydrogen) atoms. The summed E-state index contributed by atoms with van der Waals surface area (Å²) in [7, 11) is 0. The first-order valence-corrected chi connectivity index (χ1v) is 6.89. The molecule has 0 saturated heterocycles. The molecule has 0 atom stereocenters. The molecule has 96 valence electrons. The molecule has 0 aliphatic heterocycles. The summed E-state index contributed by atoms with van der Waals surface area (Å²) >= 11 is 6.07. The predicted octanol–water partition coefficient (Wildman–Crippen LogP) is 4.42. The lowest BCUT2D eigenvalue weighted by Crippen LogP contribution is -2.18. The molecule has 0 heterocycles. The SMILES string of the molecule is CC1CCC(COc2ccc(C#N)cc2Cl)CC1. The second-order valence-corrected chi connectivity index (χ2v) is 5.60. The van der Waals surface area contributed by atoms with Gasteiger partial charge in [0.25, 0.3) is 0 Å². The van der Waals surface area contributed by atoms with Crippen LogP contribution in [-0.4, -0.2) is 6.61 Å². The van der Waals surface area contributed by atoms with Gasteiger partial charge in [0.15, 0.2) is 0 Å². The lowest BCUT2D eigenvalue weighted by atomic mass is 9.83. The van der Waals surface area contributed by atoms with Crippen molar-refractivity contribution in [2.24, 2.45) is 11.8 Å². The minimum Gasteiger partial charge on any atom is -0.492 e. The van der Waals surface area contributed by atoms with Crippen LogP contribution in [0.15, 0.2) is 18.2 Å². The Morgan fingerprint density at radius 2 is 2.06 bits per heavy atom. The van der Waals surface area contributed by atoms with Crippen molar-refractivity contribution in [2.75, 3.05) is 6.61 Å². The number of halogens is 1. The average Bonchev–Trinajstić information content (AvgIpc) is 2.39. The highest BCUT2D eigenvalue weighted by atomic mass is 35.5. The summed E-state index contributed by atoms with van der Waals surface area (Å²) in [6.07, 6.45) is 5.09. The topological polar surface area (TPSA) is 33.0 Å². The molecule has 0 N–H and O–H groups in total. The van der Waals surface area contributed by atoms with Gasteiger partial charge in [0.2, 0.25) is 0 Å². The number of benzene rings is 1. The van der Waals surface area contributed by atoms with Crippen molar-refractivity contribution in [3.63, 3.8) is 0 Å². The van der Waals surface area contributed by atoms with Crippen LogP contribution in [0.4, 0.5) is 0 Å². The van der Waals surface area contributed by atoms with Gasteiger partial charge in [-0.1, -0.05) is 31.4 Å². The van der Waals surface area contributed by atoms with E-state index < -0.39 is 0 Å². The van der Waals surface area contributed by atoms with Gasteiger partial charge in [0, 0.05) is 0 Å². The maximum Gasteiger partial charge on any atom is 0.137 e. The fourth-order valence-corrected chi connectivity index (χ4v) is 2.63. The number of nitrogens with zero attached hydrogens (tertiary/aromatic N) is 1. The molecule has 0 aromatic heterocycles. The standard InChI is InChI=1S/C15H18ClNO/c1-11-2-4-12(5-3-11)10-18-15-7-6-13(9-17)8-14(15)16/h6-8,11-12H,2-5,10H2,1H3. The summed E-state index contributed by atoms with van der Waals surface area (Å²) in [4.78, 5) is 0. The number of ether oxygens (including phenoxy) is 1. The predicted molar refractivity (Wildman–Crippen MR) is 72.8 cm³/mol. The Hall–Kier alpha value is -1.20. The lowest BCUT2D eigenvalue weighted by Gasteiger charge is -2.26. The average molecular weight is 264 g/mol. The van der Waals surface area contributed by atoms with Crippen molar-refractivity contribution < 1.29 is 4.74 Å². The Bertz CT molecular complexity index is 444. The first kappa shape index (κ1) is 13.2. The molecule has 1 aromatic rings. The van der Waals surface area contributed by atoms with E-state index in [1.807, 2.05) is 0 Å². The summed E-state index contributed by atoms with van der Waals surface area (Å²) < 4.78 is 5.77. The zero-order chi connectivity index (χ0) is 13.0. The Morgan fingerprint density at radius 3 is 2.67 bits per heavy atom. The monoisotopic (exact) mass is 263 g/mol. The van der Waals surface area contributed by atoms with Gasteiger partial charge in [-0.3, -0.25) is 0 Å². The fourth-order valence-electron chi connectivity index (χ4n) is 2.39. The summed E-state index contributed by atoms with van der Waals surface area (Å²) in [5.74, 6) is 2.20. The first-order valence-electron chi connectivity index (χ1n) is 6.51. The number of hydrogen-bond acceptors (Lipinski definition) is 2. The quantitative estimate of drug-likeness (QED) is 0.809. The highest BCUT2D eigenvalue weighted by Crippen LogP contribution is 2.30. The van der Waals surface area contributed by atoms with Crippen molar-refractivity contribution in [3.8, 4) is 11.8 Å². The Balaban J connectivity index is 1.89. The van der Waals surface area contributed by atoms with Gasteiger partial charge >= 0.3 is 0 Å². The second-order valence-electron chi connectivity index (χ2n) is 5.19. The van der Waals surface area contributed by atoms with Gasteiger partial charge in [-0.15, -0.1) is 0 Å². The Kier molecular flexibility index (Phi) is 4.49. The van der Waals surface area contributed by atoms with Gasteiger partial charge in [-0.05, 0) is 42.9 Å². The van der Waals surface area contributed by atoms with Gasteiger partial charge in [-0.2, -0.15) is 5.26 Å². The smallest absolute Gasteiger partial charge is 0.137 e. The third-order valence-electron chi connectivity index (χ3n) is 3.67. The van der Waals surface area contributed by atoms with E-state index >= 15 is 0 Å². The van der Waals surface area contributed by atoms with Crippen LogP contribution in [0.25, 0.3) is 0 Å². The summed E-state index contributed by atoms with van der Waals surface area (Å²) in [5.41, 5.74) is 0.568. The minimum atomic E-state index is 0.526. The zero-order valence-electron chi connectivity index (χ0n) is 10.7. The van der Waals surface area contributed by atoms with Crippen LogP contribution in [0.5, 0.6) is 5.75 Å². The van der Waals surface area contributed by atoms with Gasteiger partial charge < -0.3 is 4.74 Å². The molecule has 2 rings (SSSR count). The van der Waals surface area contributed by atoms with E-state index in [1.165, 1.54) is 25.7 Å². The van der Waals surface area contributed by atoms with Crippen LogP contribution in [0, 0.1) is 23.2 Å². The van der Waals surface area contributed by atoms with Crippen molar-refractivity contribution in [1.82, 2.24) is 0 Å². The number of hydrogen-bond donors (Lipinski definition) is 0. The molecule has 0 unspecified atom stereocenters. The molecule has 0 radical (unpaired) electrons. The fraction of sp³-hybridized carbons (Fsp3) is 0.533. The van der Waals surface area contributed by atoms with Crippen molar-refractivity contribution in [3.05, 3.63) is 28.8 Å². The van der Waals surface area contributed by atoms with Crippen LogP contribution in [0.2, 0.25) is 5.02 Å². The van der Waals surface area contributed by atoms with E-state index in [0.717, 1.165) is 12.5 Å². The van der Waals surface area contributed by atoms with Crippen LogP contribution in [0.3, 0.4) is 0 Å². The van der Waals surface area contributed by atoms with Crippen molar-refractivity contribution in [1.29, 1.82) is 5.26 Å². The molecule has 0 spiro atoms. The molecular formula is C15H18ClNO. The van der Waals surface area contributed by atoms with Gasteiger partial charge in [-0.25, -0.2) is 0 Å². The minimum absolute atomic E-state index is 0.526. The van der Waals surface area contributed by atoms with Gasteiger partial charge in [0.05, 0.1) is 23.3 Å². The van der Waals surface area contributed by atoms with E-state index in [2.05, 4.69) is 13.0 Å². The maximum absolute atomic E-state index is 8.76. The second kappa shape index (κ2) is 6.11. The van der Waals surface area contributed by atoms with Crippen LogP contribution in [0.1, 0.15) is 38.2 Å². The molecule has 2 nitrogen and oxygen atoms in total. The lowest BCUT2D eigenvalue weighted by molar-refractivity contribution is 0.188. The van der Waals surface area contributed by atoms with Crippen LogP contribution >= 0.6 is 11.6 Å². The van der Waals surface area contributed by atoms with Crippen LogP contribution < -0.4 is 4.74 Å². The molecule has 1 aliphatic rings. The molecule has 1 aromatic carbocycles. The first-order chi connectivity index (χ1) is 8.69. The molecule has 0 amide bonds. The van der Waals surface area contributed by atoms with Crippen molar-refractivity contribution >= 4 is 11.6 Å². The largest absolute Gasteiger partial charge is 0.492 e. The summed E-state index contributed by atoms with van der Waals surface area (Å²) in [6.45, 7) is 3.05. The maximum atomic E-state index is 8.76. The number of rotatable bonds is 3. The van der Waals surface area contributed by atoms with E-state index in [4.69, 9.17) is 21.6 Å².